The van der Waals surface area contributed by atoms with Crippen molar-refractivity contribution in [2.45, 2.75) is 13.0 Å². The van der Waals surface area contributed by atoms with Gasteiger partial charge in [0.15, 0.2) is 0 Å². The lowest BCUT2D eigenvalue weighted by Crippen LogP contribution is -2.48. The van der Waals surface area contributed by atoms with Crippen LogP contribution in [0.15, 0.2) is 24.3 Å². The van der Waals surface area contributed by atoms with Gasteiger partial charge in [-0.2, -0.15) is 0 Å². The number of carbonyl (C=O) groups is 1. The summed E-state index contributed by atoms with van der Waals surface area (Å²) in [6.45, 7) is 4.29. The zero-order chi connectivity index (χ0) is 14.4. The molecule has 1 fully saturated rings. The highest BCUT2D eigenvalue weighted by atomic mass is 16.5. The summed E-state index contributed by atoms with van der Waals surface area (Å²) in [7, 11) is 1.52. The van der Waals surface area contributed by atoms with Crippen LogP contribution in [0, 0.1) is 6.92 Å². The highest BCUT2D eigenvalue weighted by Crippen LogP contribution is 2.14. The number of rotatable bonds is 5. The summed E-state index contributed by atoms with van der Waals surface area (Å²) in [5, 5.41) is 0. The predicted octanol–water partition coefficient (Wildman–Crippen LogP) is 1.25. The van der Waals surface area contributed by atoms with E-state index in [4.69, 9.17) is 14.2 Å². The summed E-state index contributed by atoms with van der Waals surface area (Å²) in [6.07, 6.45) is -0.0925. The third kappa shape index (κ3) is 4.21. The molecule has 0 N–H and O–H groups in total. The van der Waals surface area contributed by atoms with Crippen molar-refractivity contribution in [3.05, 3.63) is 29.8 Å². The lowest BCUT2D eigenvalue weighted by atomic mass is 10.2. The fraction of sp³-hybridized carbons (Fsp3) is 0.533. The van der Waals surface area contributed by atoms with E-state index >= 15 is 0 Å². The molecule has 1 amide bonds. The third-order valence-corrected chi connectivity index (χ3v) is 3.18. The fourth-order valence-corrected chi connectivity index (χ4v) is 2.16. The van der Waals surface area contributed by atoms with E-state index in [0.29, 0.717) is 26.3 Å². The highest BCUT2D eigenvalue weighted by molar-refractivity contribution is 5.77. The molecule has 1 aliphatic rings. The van der Waals surface area contributed by atoms with Gasteiger partial charge < -0.3 is 19.1 Å². The SMILES string of the molecule is COCC(=O)N1CCO[C@H](COc2cccc(C)c2)C1. The molecule has 1 aromatic carbocycles. The molecule has 110 valence electrons. The molecule has 0 spiro atoms. The Hall–Kier alpha value is -1.59. The number of methoxy groups -OCH3 is 1. The van der Waals surface area contributed by atoms with Crippen LogP contribution in [-0.2, 0) is 14.3 Å². The molecular weight excluding hydrogens is 258 g/mol. The molecular formula is C15H21NO4. The van der Waals surface area contributed by atoms with Gasteiger partial charge in [0.25, 0.3) is 0 Å². The van der Waals surface area contributed by atoms with E-state index in [1.165, 1.54) is 7.11 Å². The largest absolute Gasteiger partial charge is 0.491 e. The monoisotopic (exact) mass is 279 g/mol. The van der Waals surface area contributed by atoms with Crippen molar-refractivity contribution in [2.75, 3.05) is 40.0 Å². The van der Waals surface area contributed by atoms with E-state index in [9.17, 15) is 4.79 Å². The number of benzene rings is 1. The van der Waals surface area contributed by atoms with E-state index in [1.54, 1.807) is 4.90 Å². The molecule has 1 heterocycles. The first-order valence-electron chi connectivity index (χ1n) is 6.77. The molecule has 0 unspecified atom stereocenters. The Balaban J connectivity index is 1.82. The fourth-order valence-electron chi connectivity index (χ4n) is 2.16. The van der Waals surface area contributed by atoms with Gasteiger partial charge >= 0.3 is 0 Å². The van der Waals surface area contributed by atoms with Crippen molar-refractivity contribution in [1.29, 1.82) is 0 Å². The minimum absolute atomic E-state index is 0.00337. The molecule has 0 aromatic heterocycles. The smallest absolute Gasteiger partial charge is 0.248 e. The van der Waals surface area contributed by atoms with Crippen molar-refractivity contribution < 1.29 is 19.0 Å². The van der Waals surface area contributed by atoms with Crippen LogP contribution < -0.4 is 4.74 Å². The maximum atomic E-state index is 11.8. The van der Waals surface area contributed by atoms with Gasteiger partial charge in [-0.15, -0.1) is 0 Å². The molecule has 0 aliphatic carbocycles. The number of hydrogen-bond acceptors (Lipinski definition) is 4. The maximum absolute atomic E-state index is 11.8. The first kappa shape index (κ1) is 14.8. The van der Waals surface area contributed by atoms with Crippen molar-refractivity contribution in [3.8, 4) is 5.75 Å². The third-order valence-electron chi connectivity index (χ3n) is 3.18. The van der Waals surface area contributed by atoms with Gasteiger partial charge in [0.1, 0.15) is 25.1 Å². The lowest BCUT2D eigenvalue weighted by Gasteiger charge is -2.32. The Kier molecular flexibility index (Phi) is 5.38. The van der Waals surface area contributed by atoms with E-state index in [1.807, 2.05) is 31.2 Å². The standard InChI is InChI=1S/C15H21NO4/c1-12-4-3-5-13(8-12)20-10-14-9-16(6-7-19-14)15(17)11-18-2/h3-5,8,14H,6-7,9-11H2,1-2H3/t14-/m0/s1. The van der Waals surface area contributed by atoms with Gasteiger partial charge in [-0.05, 0) is 24.6 Å². The summed E-state index contributed by atoms with van der Waals surface area (Å²) < 4.78 is 16.2. The Bertz CT molecular complexity index is 449. The number of morpholine rings is 1. The Morgan fingerprint density at radius 3 is 3.10 bits per heavy atom. The summed E-state index contributed by atoms with van der Waals surface area (Å²) >= 11 is 0. The van der Waals surface area contributed by atoms with Crippen LogP contribution in [-0.4, -0.2) is 56.9 Å². The number of amides is 1. The van der Waals surface area contributed by atoms with E-state index < -0.39 is 0 Å². The number of nitrogens with zero attached hydrogens (tertiary/aromatic N) is 1. The second-order valence-electron chi connectivity index (χ2n) is 4.89. The molecule has 1 saturated heterocycles. The molecule has 5 nitrogen and oxygen atoms in total. The normalized spacial score (nSPS) is 18.9. The van der Waals surface area contributed by atoms with E-state index in [0.717, 1.165) is 11.3 Å². The van der Waals surface area contributed by atoms with Crippen LogP contribution in [0.4, 0.5) is 0 Å². The second-order valence-corrected chi connectivity index (χ2v) is 4.89. The molecule has 2 rings (SSSR count). The van der Waals surface area contributed by atoms with E-state index in [2.05, 4.69) is 0 Å². The van der Waals surface area contributed by atoms with Crippen LogP contribution in [0.25, 0.3) is 0 Å². The molecule has 1 aromatic rings. The lowest BCUT2D eigenvalue weighted by molar-refractivity contribution is -0.143. The molecule has 0 bridgehead atoms. The quantitative estimate of drug-likeness (QED) is 0.814. The summed E-state index contributed by atoms with van der Waals surface area (Å²) in [5.74, 6) is 0.824. The van der Waals surface area contributed by atoms with Crippen LogP contribution in [0.2, 0.25) is 0 Å². The average molecular weight is 279 g/mol. The first-order chi connectivity index (χ1) is 9.69. The molecule has 0 radical (unpaired) electrons. The van der Waals surface area contributed by atoms with Crippen LogP contribution in [0.1, 0.15) is 5.56 Å². The number of ether oxygens (including phenoxy) is 3. The Labute approximate surface area is 119 Å². The van der Waals surface area contributed by atoms with E-state index in [-0.39, 0.29) is 18.6 Å². The topological polar surface area (TPSA) is 48.0 Å². The predicted molar refractivity (Wildman–Crippen MR) is 74.9 cm³/mol. The Morgan fingerprint density at radius 1 is 1.50 bits per heavy atom. The highest BCUT2D eigenvalue weighted by Gasteiger charge is 2.24. The van der Waals surface area contributed by atoms with Gasteiger partial charge in [-0.25, -0.2) is 0 Å². The van der Waals surface area contributed by atoms with Crippen molar-refractivity contribution in [1.82, 2.24) is 4.90 Å². The molecule has 1 aliphatic heterocycles. The van der Waals surface area contributed by atoms with Crippen molar-refractivity contribution in [2.24, 2.45) is 0 Å². The molecule has 0 saturated carbocycles. The summed E-state index contributed by atoms with van der Waals surface area (Å²) in [4.78, 5) is 13.5. The van der Waals surface area contributed by atoms with Gasteiger partial charge in [0.05, 0.1) is 13.2 Å². The van der Waals surface area contributed by atoms with Gasteiger partial charge in [-0.3, -0.25) is 4.79 Å². The Morgan fingerprint density at radius 2 is 2.35 bits per heavy atom. The number of aryl methyl sites for hydroxylation is 1. The van der Waals surface area contributed by atoms with Gasteiger partial charge in [-0.1, -0.05) is 12.1 Å². The summed E-state index contributed by atoms with van der Waals surface area (Å²) in [5.41, 5.74) is 1.16. The molecule has 20 heavy (non-hydrogen) atoms. The number of hydrogen-bond donors (Lipinski definition) is 0. The zero-order valence-electron chi connectivity index (χ0n) is 12.0. The molecule has 5 heteroatoms. The van der Waals surface area contributed by atoms with Crippen LogP contribution in [0.3, 0.4) is 0 Å². The van der Waals surface area contributed by atoms with Gasteiger partial charge in [0.2, 0.25) is 5.91 Å². The zero-order valence-corrected chi connectivity index (χ0v) is 12.0. The minimum Gasteiger partial charge on any atom is -0.491 e. The average Bonchev–Trinajstić information content (AvgIpc) is 2.46. The first-order valence-corrected chi connectivity index (χ1v) is 6.77. The molecule has 1 atom stereocenters. The van der Waals surface area contributed by atoms with Crippen LogP contribution >= 0.6 is 0 Å². The second kappa shape index (κ2) is 7.26. The van der Waals surface area contributed by atoms with Crippen molar-refractivity contribution in [3.63, 3.8) is 0 Å². The maximum Gasteiger partial charge on any atom is 0.248 e. The minimum atomic E-state index is -0.0925. The van der Waals surface area contributed by atoms with Gasteiger partial charge in [0, 0.05) is 13.7 Å². The summed E-state index contributed by atoms with van der Waals surface area (Å²) in [6, 6.07) is 7.89. The number of carbonyl (C=O) groups excluding carboxylic acids is 1. The van der Waals surface area contributed by atoms with Crippen molar-refractivity contribution >= 4 is 5.91 Å². The van der Waals surface area contributed by atoms with Crippen LogP contribution in [0.5, 0.6) is 5.75 Å².